The molecular weight excluding hydrogens is 342 g/mol. The van der Waals surface area contributed by atoms with Gasteiger partial charge >= 0.3 is 0 Å². The number of aromatic nitrogens is 1. The first-order chi connectivity index (χ1) is 13.1. The smallest absolute Gasteiger partial charge is 0.227 e. The summed E-state index contributed by atoms with van der Waals surface area (Å²) < 4.78 is 5.35. The van der Waals surface area contributed by atoms with Gasteiger partial charge in [0, 0.05) is 48.8 Å². The van der Waals surface area contributed by atoms with E-state index in [-0.39, 0.29) is 17.3 Å². The van der Waals surface area contributed by atoms with Gasteiger partial charge in [-0.05, 0) is 38.4 Å². The molecule has 4 rings (SSSR count). The van der Waals surface area contributed by atoms with Crippen LogP contribution in [-0.2, 0) is 16.1 Å². The Labute approximate surface area is 159 Å². The summed E-state index contributed by atoms with van der Waals surface area (Å²) in [4.78, 5) is 32.9. The van der Waals surface area contributed by atoms with Gasteiger partial charge in [0.05, 0.1) is 19.1 Å². The molecule has 2 fully saturated rings. The Kier molecular flexibility index (Phi) is 5.27. The Hall–Kier alpha value is -2.18. The van der Waals surface area contributed by atoms with E-state index in [1.807, 2.05) is 30.0 Å². The molecule has 6 nitrogen and oxygen atoms in total. The number of aryl methyl sites for hydroxylation is 1. The summed E-state index contributed by atoms with van der Waals surface area (Å²) in [6.07, 6.45) is 1.96. The predicted molar refractivity (Wildman–Crippen MR) is 105 cm³/mol. The van der Waals surface area contributed by atoms with Crippen LogP contribution >= 0.6 is 0 Å². The quantitative estimate of drug-likeness (QED) is 0.898. The molecule has 1 amide bonds. The highest BCUT2D eigenvalue weighted by molar-refractivity contribution is 5.80. The molecule has 2 aromatic rings. The maximum Gasteiger partial charge on any atom is 0.227 e. The van der Waals surface area contributed by atoms with Crippen LogP contribution in [0.3, 0.4) is 0 Å². The molecule has 1 atom stereocenters. The van der Waals surface area contributed by atoms with Crippen molar-refractivity contribution in [3.05, 3.63) is 45.7 Å². The standard InChI is InChI=1S/C21H27N3O3/c1-15-4-5-19-18(11-15)20(25)12-17(22-19)14-23-6-2-3-16(13-23)21(26)24-7-9-27-10-8-24/h4-5,11-12,16H,2-3,6-10,13-14H2,1H3,(H,22,25). The van der Waals surface area contributed by atoms with Gasteiger partial charge in [-0.3, -0.25) is 14.5 Å². The topological polar surface area (TPSA) is 65.6 Å². The van der Waals surface area contributed by atoms with Crippen molar-refractivity contribution >= 4 is 16.8 Å². The number of carbonyl (C=O) groups excluding carboxylic acids is 1. The first-order valence-corrected chi connectivity index (χ1v) is 9.81. The van der Waals surface area contributed by atoms with Crippen LogP contribution in [0.15, 0.2) is 29.1 Å². The van der Waals surface area contributed by atoms with Crippen molar-refractivity contribution in [2.75, 3.05) is 39.4 Å². The number of carbonyl (C=O) groups is 1. The van der Waals surface area contributed by atoms with Crippen molar-refractivity contribution in [2.45, 2.75) is 26.3 Å². The third-order valence-electron chi connectivity index (χ3n) is 5.61. The first-order valence-electron chi connectivity index (χ1n) is 9.81. The summed E-state index contributed by atoms with van der Waals surface area (Å²) in [5.74, 6) is 0.303. The summed E-state index contributed by atoms with van der Waals surface area (Å²) in [6.45, 7) is 7.06. The van der Waals surface area contributed by atoms with Crippen LogP contribution in [-0.4, -0.2) is 60.1 Å². The van der Waals surface area contributed by atoms with Crippen LogP contribution in [0.25, 0.3) is 10.9 Å². The average Bonchev–Trinajstić information content (AvgIpc) is 2.69. The Morgan fingerprint density at radius 1 is 1.22 bits per heavy atom. The van der Waals surface area contributed by atoms with Crippen molar-refractivity contribution in [3.63, 3.8) is 0 Å². The lowest BCUT2D eigenvalue weighted by Gasteiger charge is -2.36. The minimum Gasteiger partial charge on any atom is -0.378 e. The zero-order chi connectivity index (χ0) is 18.8. The summed E-state index contributed by atoms with van der Waals surface area (Å²) in [6, 6.07) is 7.61. The third-order valence-corrected chi connectivity index (χ3v) is 5.61. The van der Waals surface area contributed by atoms with Gasteiger partial charge in [0.1, 0.15) is 0 Å². The second kappa shape index (κ2) is 7.82. The molecule has 2 aliphatic rings. The normalized spacial score (nSPS) is 21.5. The number of pyridine rings is 1. The number of benzene rings is 1. The van der Waals surface area contributed by atoms with E-state index in [0.29, 0.717) is 32.8 Å². The average molecular weight is 369 g/mol. The number of fused-ring (bicyclic) bond motifs is 1. The fraction of sp³-hybridized carbons (Fsp3) is 0.524. The van der Waals surface area contributed by atoms with Crippen molar-refractivity contribution in [1.29, 1.82) is 0 Å². The fourth-order valence-electron chi connectivity index (χ4n) is 4.18. The molecule has 0 radical (unpaired) electrons. The Morgan fingerprint density at radius 3 is 2.85 bits per heavy atom. The molecule has 6 heteroatoms. The summed E-state index contributed by atoms with van der Waals surface area (Å²) in [5.41, 5.74) is 2.93. The van der Waals surface area contributed by atoms with Gasteiger partial charge < -0.3 is 14.6 Å². The van der Waals surface area contributed by atoms with Crippen LogP contribution in [0.4, 0.5) is 0 Å². The number of ether oxygens (including phenoxy) is 1. The zero-order valence-corrected chi connectivity index (χ0v) is 15.9. The minimum atomic E-state index is 0.0478. The number of nitrogens with zero attached hydrogens (tertiary/aromatic N) is 2. The van der Waals surface area contributed by atoms with E-state index in [1.165, 1.54) is 0 Å². The highest BCUT2D eigenvalue weighted by atomic mass is 16.5. The molecule has 1 aromatic carbocycles. The van der Waals surface area contributed by atoms with Crippen LogP contribution in [0.2, 0.25) is 0 Å². The molecule has 0 saturated carbocycles. The second-order valence-corrected chi connectivity index (χ2v) is 7.72. The number of amides is 1. The number of hydrogen-bond acceptors (Lipinski definition) is 4. The first kappa shape index (κ1) is 18.2. The number of aromatic amines is 1. The molecular formula is C21H27N3O3. The van der Waals surface area contributed by atoms with Gasteiger partial charge in [-0.1, -0.05) is 11.6 Å². The predicted octanol–water partition coefficient (Wildman–Crippen LogP) is 1.91. The summed E-state index contributed by atoms with van der Waals surface area (Å²) in [5, 5.41) is 0.734. The number of rotatable bonds is 3. The van der Waals surface area contributed by atoms with Gasteiger partial charge in [0.25, 0.3) is 0 Å². The zero-order valence-electron chi connectivity index (χ0n) is 15.9. The minimum absolute atomic E-state index is 0.0478. The highest BCUT2D eigenvalue weighted by Crippen LogP contribution is 2.21. The van der Waals surface area contributed by atoms with Crippen molar-refractivity contribution in [3.8, 4) is 0 Å². The Balaban J connectivity index is 1.46. The lowest BCUT2D eigenvalue weighted by Crippen LogP contribution is -2.48. The van der Waals surface area contributed by atoms with Crippen LogP contribution < -0.4 is 5.43 Å². The van der Waals surface area contributed by atoms with Crippen LogP contribution in [0, 0.1) is 12.8 Å². The molecule has 1 N–H and O–H groups in total. The van der Waals surface area contributed by atoms with E-state index in [9.17, 15) is 9.59 Å². The van der Waals surface area contributed by atoms with Gasteiger partial charge in [-0.2, -0.15) is 0 Å². The largest absolute Gasteiger partial charge is 0.378 e. The maximum atomic E-state index is 12.8. The van der Waals surface area contributed by atoms with Crippen molar-refractivity contribution < 1.29 is 9.53 Å². The van der Waals surface area contributed by atoms with Gasteiger partial charge in [-0.15, -0.1) is 0 Å². The van der Waals surface area contributed by atoms with Crippen LogP contribution in [0.1, 0.15) is 24.1 Å². The van der Waals surface area contributed by atoms with Crippen molar-refractivity contribution in [2.24, 2.45) is 5.92 Å². The highest BCUT2D eigenvalue weighted by Gasteiger charge is 2.30. The Bertz CT molecular complexity index is 886. The number of hydrogen-bond donors (Lipinski definition) is 1. The molecule has 27 heavy (non-hydrogen) atoms. The number of nitrogens with one attached hydrogen (secondary N) is 1. The number of likely N-dealkylation sites (tertiary alicyclic amines) is 1. The van der Waals surface area contributed by atoms with E-state index in [0.717, 1.165) is 48.1 Å². The molecule has 3 heterocycles. The van der Waals surface area contributed by atoms with Gasteiger partial charge in [0.2, 0.25) is 5.91 Å². The van der Waals surface area contributed by atoms with E-state index < -0.39 is 0 Å². The number of H-pyrrole nitrogens is 1. The Morgan fingerprint density at radius 2 is 2.04 bits per heavy atom. The van der Waals surface area contributed by atoms with E-state index >= 15 is 0 Å². The summed E-state index contributed by atoms with van der Waals surface area (Å²) in [7, 11) is 0. The van der Waals surface area contributed by atoms with E-state index in [1.54, 1.807) is 6.07 Å². The number of piperidine rings is 1. The molecule has 2 aliphatic heterocycles. The van der Waals surface area contributed by atoms with E-state index in [4.69, 9.17) is 4.74 Å². The monoisotopic (exact) mass is 369 g/mol. The van der Waals surface area contributed by atoms with Gasteiger partial charge in [-0.25, -0.2) is 0 Å². The molecule has 2 saturated heterocycles. The number of morpholine rings is 1. The second-order valence-electron chi connectivity index (χ2n) is 7.72. The van der Waals surface area contributed by atoms with Gasteiger partial charge in [0.15, 0.2) is 5.43 Å². The summed E-state index contributed by atoms with van der Waals surface area (Å²) >= 11 is 0. The molecule has 0 spiro atoms. The third kappa shape index (κ3) is 4.06. The molecule has 1 unspecified atom stereocenters. The van der Waals surface area contributed by atoms with Crippen LogP contribution in [0.5, 0.6) is 0 Å². The maximum absolute atomic E-state index is 12.8. The molecule has 0 aliphatic carbocycles. The molecule has 144 valence electrons. The molecule has 1 aromatic heterocycles. The lowest BCUT2D eigenvalue weighted by atomic mass is 9.96. The molecule has 0 bridgehead atoms. The van der Waals surface area contributed by atoms with E-state index in [2.05, 4.69) is 9.88 Å². The fourth-order valence-corrected chi connectivity index (χ4v) is 4.18. The SMILES string of the molecule is Cc1ccc2[nH]c(CN3CCCC(C(=O)N4CCOCC4)C3)cc(=O)c2c1. The van der Waals surface area contributed by atoms with Crippen molar-refractivity contribution in [1.82, 2.24) is 14.8 Å². The lowest BCUT2D eigenvalue weighted by molar-refractivity contribution is -0.141.